The maximum atomic E-state index is 11.4. The molecular formula is C12H22N2O. The standard InChI is InChI=1S/C12H22N2O/c1-12(5-3-6-12)9-14-10-4-2-7-13-11(15)8-10/h10,14H,2-9H2,1H3,(H,13,15). The molecule has 1 aliphatic heterocycles. The number of amides is 1. The van der Waals surface area contributed by atoms with Crippen LogP contribution < -0.4 is 10.6 Å². The molecule has 0 aromatic heterocycles. The normalized spacial score (nSPS) is 30.2. The highest BCUT2D eigenvalue weighted by Gasteiger charge is 2.32. The smallest absolute Gasteiger partial charge is 0.221 e. The Kier molecular flexibility index (Phi) is 3.29. The van der Waals surface area contributed by atoms with E-state index in [0.717, 1.165) is 25.9 Å². The highest BCUT2D eigenvalue weighted by molar-refractivity contribution is 5.76. The summed E-state index contributed by atoms with van der Waals surface area (Å²) in [6, 6.07) is 0.407. The average molecular weight is 210 g/mol. The van der Waals surface area contributed by atoms with Gasteiger partial charge in [-0.15, -0.1) is 0 Å². The van der Waals surface area contributed by atoms with E-state index in [1.54, 1.807) is 0 Å². The SMILES string of the molecule is CC1(CNC2CCCNC(=O)C2)CCC1. The Balaban J connectivity index is 1.75. The van der Waals surface area contributed by atoms with Gasteiger partial charge in [0.1, 0.15) is 0 Å². The molecule has 0 bridgehead atoms. The maximum Gasteiger partial charge on any atom is 0.221 e. The highest BCUT2D eigenvalue weighted by Crippen LogP contribution is 2.39. The fourth-order valence-electron chi connectivity index (χ4n) is 2.50. The molecule has 86 valence electrons. The van der Waals surface area contributed by atoms with E-state index in [-0.39, 0.29) is 5.91 Å². The van der Waals surface area contributed by atoms with Gasteiger partial charge in [-0.3, -0.25) is 4.79 Å². The molecule has 1 saturated heterocycles. The van der Waals surface area contributed by atoms with Gasteiger partial charge >= 0.3 is 0 Å². The van der Waals surface area contributed by atoms with E-state index in [4.69, 9.17) is 0 Å². The molecule has 0 radical (unpaired) electrons. The molecule has 1 atom stereocenters. The van der Waals surface area contributed by atoms with Gasteiger partial charge in [-0.05, 0) is 31.1 Å². The van der Waals surface area contributed by atoms with Crippen LogP contribution in [-0.2, 0) is 4.79 Å². The zero-order chi connectivity index (χ0) is 10.7. The number of nitrogens with one attached hydrogen (secondary N) is 2. The molecule has 0 aromatic carbocycles. The summed E-state index contributed by atoms with van der Waals surface area (Å²) >= 11 is 0. The summed E-state index contributed by atoms with van der Waals surface area (Å²) in [5, 5.41) is 6.49. The molecule has 0 spiro atoms. The van der Waals surface area contributed by atoms with E-state index in [1.165, 1.54) is 19.3 Å². The third kappa shape index (κ3) is 2.94. The lowest BCUT2D eigenvalue weighted by Crippen LogP contribution is -2.42. The largest absolute Gasteiger partial charge is 0.356 e. The van der Waals surface area contributed by atoms with Crippen LogP contribution in [0, 0.1) is 5.41 Å². The fourth-order valence-corrected chi connectivity index (χ4v) is 2.50. The molecule has 1 amide bonds. The van der Waals surface area contributed by atoms with Crippen molar-refractivity contribution < 1.29 is 4.79 Å². The first-order chi connectivity index (χ1) is 7.18. The number of hydrogen-bond acceptors (Lipinski definition) is 2. The summed E-state index contributed by atoms with van der Waals surface area (Å²) in [5.74, 6) is 0.212. The molecule has 1 heterocycles. The van der Waals surface area contributed by atoms with Crippen LogP contribution in [0.5, 0.6) is 0 Å². The summed E-state index contributed by atoms with van der Waals surface area (Å²) in [6.07, 6.45) is 6.98. The third-order valence-electron chi connectivity index (χ3n) is 3.86. The molecule has 2 aliphatic rings. The molecule has 1 aliphatic carbocycles. The third-order valence-corrected chi connectivity index (χ3v) is 3.86. The van der Waals surface area contributed by atoms with Crippen LogP contribution in [0.15, 0.2) is 0 Å². The lowest BCUT2D eigenvalue weighted by molar-refractivity contribution is -0.121. The van der Waals surface area contributed by atoms with Crippen molar-refractivity contribution in [2.24, 2.45) is 5.41 Å². The predicted molar refractivity (Wildman–Crippen MR) is 60.6 cm³/mol. The first kappa shape index (κ1) is 10.9. The van der Waals surface area contributed by atoms with Gasteiger partial charge in [0, 0.05) is 25.6 Å². The van der Waals surface area contributed by atoms with Gasteiger partial charge in [-0.1, -0.05) is 13.3 Å². The summed E-state index contributed by atoms with van der Waals surface area (Å²) in [4.78, 5) is 11.4. The average Bonchev–Trinajstić information content (AvgIpc) is 2.37. The van der Waals surface area contributed by atoms with Crippen molar-refractivity contribution in [1.82, 2.24) is 10.6 Å². The molecule has 15 heavy (non-hydrogen) atoms. The predicted octanol–water partition coefficient (Wildman–Crippen LogP) is 1.43. The van der Waals surface area contributed by atoms with Crippen LogP contribution in [0.2, 0.25) is 0 Å². The van der Waals surface area contributed by atoms with Crippen LogP contribution in [0.3, 0.4) is 0 Å². The molecule has 3 heteroatoms. The minimum absolute atomic E-state index is 0.212. The summed E-state index contributed by atoms with van der Waals surface area (Å²) in [6.45, 7) is 4.29. The van der Waals surface area contributed by atoms with Crippen molar-refractivity contribution in [3.8, 4) is 0 Å². The number of hydrogen-bond donors (Lipinski definition) is 2. The van der Waals surface area contributed by atoms with Crippen molar-refractivity contribution in [1.29, 1.82) is 0 Å². The molecule has 1 unspecified atom stereocenters. The second-order valence-corrected chi connectivity index (χ2v) is 5.44. The Morgan fingerprint density at radius 1 is 1.47 bits per heavy atom. The Morgan fingerprint density at radius 3 is 2.93 bits per heavy atom. The molecule has 2 rings (SSSR count). The maximum absolute atomic E-state index is 11.4. The molecule has 1 saturated carbocycles. The highest BCUT2D eigenvalue weighted by atomic mass is 16.1. The molecular weight excluding hydrogens is 188 g/mol. The van der Waals surface area contributed by atoms with E-state index in [0.29, 0.717) is 17.9 Å². The Hall–Kier alpha value is -0.570. The first-order valence-corrected chi connectivity index (χ1v) is 6.18. The van der Waals surface area contributed by atoms with Crippen LogP contribution in [0.4, 0.5) is 0 Å². The topological polar surface area (TPSA) is 41.1 Å². The van der Waals surface area contributed by atoms with E-state index >= 15 is 0 Å². The van der Waals surface area contributed by atoms with Crippen molar-refractivity contribution in [3.05, 3.63) is 0 Å². The van der Waals surface area contributed by atoms with Crippen molar-refractivity contribution in [2.75, 3.05) is 13.1 Å². The summed E-state index contributed by atoms with van der Waals surface area (Å²) < 4.78 is 0. The lowest BCUT2D eigenvalue weighted by Gasteiger charge is -2.39. The minimum atomic E-state index is 0.212. The molecule has 2 N–H and O–H groups in total. The Morgan fingerprint density at radius 2 is 2.27 bits per heavy atom. The monoisotopic (exact) mass is 210 g/mol. The Bertz CT molecular complexity index is 236. The van der Waals surface area contributed by atoms with E-state index < -0.39 is 0 Å². The van der Waals surface area contributed by atoms with Gasteiger partial charge in [-0.2, -0.15) is 0 Å². The number of carbonyl (C=O) groups excluding carboxylic acids is 1. The second-order valence-electron chi connectivity index (χ2n) is 5.44. The number of carbonyl (C=O) groups is 1. The molecule has 2 fully saturated rings. The van der Waals surface area contributed by atoms with Crippen molar-refractivity contribution in [2.45, 2.75) is 51.5 Å². The first-order valence-electron chi connectivity index (χ1n) is 6.18. The van der Waals surface area contributed by atoms with Crippen molar-refractivity contribution in [3.63, 3.8) is 0 Å². The lowest BCUT2D eigenvalue weighted by atomic mass is 9.70. The van der Waals surface area contributed by atoms with Crippen LogP contribution in [0.25, 0.3) is 0 Å². The van der Waals surface area contributed by atoms with Crippen LogP contribution in [-0.4, -0.2) is 25.0 Å². The molecule has 3 nitrogen and oxygen atoms in total. The van der Waals surface area contributed by atoms with E-state index in [1.807, 2.05) is 0 Å². The quantitative estimate of drug-likeness (QED) is 0.740. The van der Waals surface area contributed by atoms with E-state index in [9.17, 15) is 4.79 Å². The van der Waals surface area contributed by atoms with Crippen LogP contribution in [0.1, 0.15) is 45.4 Å². The molecule has 0 aromatic rings. The zero-order valence-electron chi connectivity index (χ0n) is 9.64. The van der Waals surface area contributed by atoms with Gasteiger partial charge in [-0.25, -0.2) is 0 Å². The second kappa shape index (κ2) is 4.52. The summed E-state index contributed by atoms with van der Waals surface area (Å²) in [7, 11) is 0. The van der Waals surface area contributed by atoms with Gasteiger partial charge in [0.05, 0.1) is 0 Å². The van der Waals surface area contributed by atoms with Crippen molar-refractivity contribution >= 4 is 5.91 Å². The van der Waals surface area contributed by atoms with Gasteiger partial charge in [0.15, 0.2) is 0 Å². The fraction of sp³-hybridized carbons (Fsp3) is 0.917. The zero-order valence-corrected chi connectivity index (χ0v) is 9.64. The van der Waals surface area contributed by atoms with Gasteiger partial charge < -0.3 is 10.6 Å². The Labute approximate surface area is 92.0 Å². The number of rotatable bonds is 3. The van der Waals surface area contributed by atoms with Gasteiger partial charge in [0.2, 0.25) is 5.91 Å². The summed E-state index contributed by atoms with van der Waals surface area (Å²) in [5.41, 5.74) is 0.517. The minimum Gasteiger partial charge on any atom is -0.356 e. The van der Waals surface area contributed by atoms with Gasteiger partial charge in [0.25, 0.3) is 0 Å². The van der Waals surface area contributed by atoms with E-state index in [2.05, 4.69) is 17.6 Å². The van der Waals surface area contributed by atoms with Crippen LogP contribution >= 0.6 is 0 Å².